The highest BCUT2D eigenvalue weighted by Gasteiger charge is 2.32. The fourth-order valence-corrected chi connectivity index (χ4v) is 4.85. The minimum absolute atomic E-state index is 0.00629. The summed E-state index contributed by atoms with van der Waals surface area (Å²) in [5.74, 6) is 0.442. The van der Waals surface area contributed by atoms with E-state index in [0.29, 0.717) is 5.95 Å². The largest absolute Gasteiger partial charge is 0.357 e. The molecule has 0 saturated carbocycles. The normalized spacial score (nSPS) is 16.3. The number of hydrogen-bond acceptors (Lipinski definition) is 3. The van der Waals surface area contributed by atoms with Crippen molar-refractivity contribution in [2.45, 2.75) is 19.0 Å². The van der Waals surface area contributed by atoms with Gasteiger partial charge in [0, 0.05) is 54.0 Å². The summed E-state index contributed by atoms with van der Waals surface area (Å²) < 4.78 is 15.8. The molecule has 0 bridgehead atoms. The number of nitrogens with one attached hydrogen (secondary N) is 1. The highest BCUT2D eigenvalue weighted by Crippen LogP contribution is 2.39. The van der Waals surface area contributed by atoms with Crippen LogP contribution in [0.25, 0.3) is 16.9 Å². The van der Waals surface area contributed by atoms with Crippen LogP contribution in [0.1, 0.15) is 28.6 Å². The maximum absolute atomic E-state index is 13.7. The summed E-state index contributed by atoms with van der Waals surface area (Å²) >= 11 is 0. The van der Waals surface area contributed by atoms with E-state index < -0.39 is 0 Å². The molecule has 1 atom stereocenters. The maximum atomic E-state index is 13.7. The van der Waals surface area contributed by atoms with Crippen molar-refractivity contribution in [1.82, 2.24) is 24.4 Å². The number of aromatic amines is 1. The zero-order valence-electron chi connectivity index (χ0n) is 17.4. The Bertz CT molecular complexity index is 1370. The summed E-state index contributed by atoms with van der Waals surface area (Å²) in [4.78, 5) is 14.9. The highest BCUT2D eigenvalue weighted by molar-refractivity contribution is 5.85. The van der Waals surface area contributed by atoms with Crippen LogP contribution in [0.3, 0.4) is 0 Å². The van der Waals surface area contributed by atoms with E-state index in [4.69, 9.17) is 0 Å². The van der Waals surface area contributed by atoms with Gasteiger partial charge >= 0.3 is 0 Å². The molecular formula is C26H22FN5. The molecule has 0 fully saturated rings. The van der Waals surface area contributed by atoms with Crippen LogP contribution in [0.4, 0.5) is 4.39 Å². The minimum atomic E-state index is -0.219. The van der Waals surface area contributed by atoms with Gasteiger partial charge in [-0.3, -0.25) is 9.47 Å². The molecular weight excluding hydrogens is 401 g/mol. The molecule has 0 radical (unpaired) electrons. The topological polar surface area (TPSA) is 49.7 Å². The third-order valence-electron chi connectivity index (χ3n) is 6.29. The predicted octanol–water partition coefficient (Wildman–Crippen LogP) is 5.04. The number of H-pyrrole nitrogens is 1. The van der Waals surface area contributed by atoms with Crippen LogP contribution < -0.4 is 0 Å². The van der Waals surface area contributed by atoms with E-state index >= 15 is 0 Å². The van der Waals surface area contributed by atoms with E-state index in [1.165, 1.54) is 16.6 Å². The Morgan fingerprint density at radius 2 is 1.75 bits per heavy atom. The molecule has 32 heavy (non-hydrogen) atoms. The van der Waals surface area contributed by atoms with Gasteiger partial charge in [0.1, 0.15) is 5.82 Å². The van der Waals surface area contributed by atoms with Crippen molar-refractivity contribution in [3.63, 3.8) is 0 Å². The summed E-state index contributed by atoms with van der Waals surface area (Å²) in [5.41, 5.74) is 5.88. The SMILES string of the molecule is Fc1ccc([C@@H]2c3[nH]c4ccccc4c3CCN2Cc2cccn2-c2ncccn2)cc1. The average Bonchev–Trinajstić information content (AvgIpc) is 3.45. The molecule has 6 heteroatoms. The van der Waals surface area contributed by atoms with Crippen molar-refractivity contribution in [2.24, 2.45) is 0 Å². The number of nitrogens with zero attached hydrogens (tertiary/aromatic N) is 4. The number of benzene rings is 2. The lowest BCUT2D eigenvalue weighted by Crippen LogP contribution is -2.36. The van der Waals surface area contributed by atoms with Crippen molar-refractivity contribution in [1.29, 1.82) is 0 Å². The number of para-hydroxylation sites is 1. The molecule has 3 aromatic heterocycles. The lowest BCUT2D eigenvalue weighted by molar-refractivity contribution is 0.198. The molecule has 4 heterocycles. The van der Waals surface area contributed by atoms with Crippen LogP contribution in [-0.4, -0.2) is 31.0 Å². The monoisotopic (exact) mass is 423 g/mol. The summed E-state index contributed by atoms with van der Waals surface area (Å²) in [6, 6.07) is 21.3. The summed E-state index contributed by atoms with van der Waals surface area (Å²) in [5, 5.41) is 1.27. The first-order valence-corrected chi connectivity index (χ1v) is 10.8. The summed E-state index contributed by atoms with van der Waals surface area (Å²) in [6.07, 6.45) is 6.46. The van der Waals surface area contributed by atoms with Crippen LogP contribution in [0.5, 0.6) is 0 Å². The van der Waals surface area contributed by atoms with Gasteiger partial charge in [-0.25, -0.2) is 14.4 Å². The summed E-state index contributed by atoms with van der Waals surface area (Å²) in [7, 11) is 0. The molecule has 0 spiro atoms. The molecule has 0 saturated heterocycles. The average molecular weight is 423 g/mol. The Morgan fingerprint density at radius 1 is 0.938 bits per heavy atom. The van der Waals surface area contributed by atoms with E-state index in [9.17, 15) is 4.39 Å². The first kappa shape index (κ1) is 19.0. The number of aromatic nitrogens is 4. The van der Waals surface area contributed by atoms with Crippen LogP contribution in [0.2, 0.25) is 0 Å². The third-order valence-corrected chi connectivity index (χ3v) is 6.29. The standard InChI is InChI=1S/C26H22FN5/c27-19-10-8-18(9-11-19)25-24-22(21-6-1-2-7-23(21)30-24)12-16-31(25)17-20-5-3-15-32(20)26-28-13-4-14-29-26/h1-11,13-15,25,30H,12,16-17H2/t25-/m1/s1. The van der Waals surface area contributed by atoms with E-state index in [2.05, 4.69) is 50.2 Å². The fourth-order valence-electron chi connectivity index (χ4n) is 4.85. The van der Waals surface area contributed by atoms with Crippen LogP contribution in [0.15, 0.2) is 85.3 Å². The third kappa shape index (κ3) is 3.20. The molecule has 0 unspecified atom stereocenters. The Balaban J connectivity index is 1.43. The van der Waals surface area contributed by atoms with Crippen molar-refractivity contribution < 1.29 is 4.39 Å². The van der Waals surface area contributed by atoms with Crippen LogP contribution in [-0.2, 0) is 13.0 Å². The lowest BCUT2D eigenvalue weighted by atomic mass is 9.92. The molecule has 1 aliphatic heterocycles. The highest BCUT2D eigenvalue weighted by atomic mass is 19.1. The Labute approximate surface area is 185 Å². The van der Waals surface area contributed by atoms with E-state index in [0.717, 1.165) is 36.3 Å². The number of rotatable bonds is 4. The first-order chi connectivity index (χ1) is 15.8. The fraction of sp³-hybridized carbons (Fsp3) is 0.154. The number of hydrogen-bond donors (Lipinski definition) is 1. The molecule has 1 aliphatic rings. The zero-order chi connectivity index (χ0) is 21.5. The van der Waals surface area contributed by atoms with E-state index in [1.807, 2.05) is 35.0 Å². The second kappa shape index (κ2) is 7.73. The zero-order valence-corrected chi connectivity index (χ0v) is 17.4. The summed E-state index contributed by atoms with van der Waals surface area (Å²) in [6.45, 7) is 1.62. The van der Waals surface area contributed by atoms with Crippen molar-refractivity contribution in [3.05, 3.63) is 114 Å². The molecule has 6 rings (SSSR count). The second-order valence-electron chi connectivity index (χ2n) is 8.16. The first-order valence-electron chi connectivity index (χ1n) is 10.8. The molecule has 1 N–H and O–H groups in total. The van der Waals surface area contributed by atoms with Gasteiger partial charge in [-0.15, -0.1) is 0 Å². The van der Waals surface area contributed by atoms with Gasteiger partial charge in [0.05, 0.1) is 6.04 Å². The van der Waals surface area contributed by atoms with Crippen molar-refractivity contribution >= 4 is 10.9 Å². The lowest BCUT2D eigenvalue weighted by Gasteiger charge is -2.36. The molecule has 2 aromatic carbocycles. The smallest absolute Gasteiger partial charge is 0.233 e. The quantitative estimate of drug-likeness (QED) is 0.441. The van der Waals surface area contributed by atoms with Crippen LogP contribution in [0, 0.1) is 5.82 Å². The van der Waals surface area contributed by atoms with Gasteiger partial charge in [0.15, 0.2) is 0 Å². The van der Waals surface area contributed by atoms with Gasteiger partial charge in [-0.1, -0.05) is 30.3 Å². The molecule has 0 amide bonds. The van der Waals surface area contributed by atoms with Crippen LogP contribution >= 0.6 is 0 Å². The Hall–Kier alpha value is -3.77. The molecule has 5 nitrogen and oxygen atoms in total. The number of fused-ring (bicyclic) bond motifs is 3. The number of halogens is 1. The van der Waals surface area contributed by atoms with Crippen molar-refractivity contribution in [3.8, 4) is 5.95 Å². The van der Waals surface area contributed by atoms with Gasteiger partial charge in [-0.05, 0) is 53.9 Å². The molecule has 5 aromatic rings. The van der Waals surface area contributed by atoms with Gasteiger partial charge in [-0.2, -0.15) is 0 Å². The van der Waals surface area contributed by atoms with E-state index in [1.54, 1.807) is 24.5 Å². The minimum Gasteiger partial charge on any atom is -0.357 e. The maximum Gasteiger partial charge on any atom is 0.233 e. The molecule has 0 aliphatic carbocycles. The Morgan fingerprint density at radius 3 is 2.59 bits per heavy atom. The second-order valence-corrected chi connectivity index (χ2v) is 8.16. The van der Waals surface area contributed by atoms with Crippen molar-refractivity contribution in [2.75, 3.05) is 6.54 Å². The Kier molecular flexibility index (Phi) is 4.58. The molecule has 158 valence electrons. The van der Waals surface area contributed by atoms with E-state index in [-0.39, 0.29) is 11.9 Å². The predicted molar refractivity (Wildman–Crippen MR) is 122 cm³/mol. The van der Waals surface area contributed by atoms with Gasteiger partial charge in [0.2, 0.25) is 5.95 Å². The van der Waals surface area contributed by atoms with Gasteiger partial charge < -0.3 is 4.98 Å². The van der Waals surface area contributed by atoms with Gasteiger partial charge in [0.25, 0.3) is 0 Å².